The van der Waals surface area contributed by atoms with Gasteiger partial charge in [0, 0.05) is 38.3 Å². The molecule has 10 heteroatoms. The largest absolute Gasteiger partial charge is 0.445 e. The second kappa shape index (κ2) is 9.39. The highest BCUT2D eigenvalue weighted by Gasteiger charge is 2.33. The lowest BCUT2D eigenvalue weighted by Crippen LogP contribution is -2.49. The Morgan fingerprint density at radius 2 is 1.75 bits per heavy atom. The summed E-state index contributed by atoms with van der Waals surface area (Å²) in [6.45, 7) is 0.759. The minimum absolute atomic E-state index is 0.0112. The van der Waals surface area contributed by atoms with Crippen LogP contribution >= 0.6 is 0 Å². The summed E-state index contributed by atoms with van der Waals surface area (Å²) < 4.78 is 39.8. The zero-order chi connectivity index (χ0) is 22.7. The molecule has 2 aromatic rings. The molecule has 2 heterocycles. The van der Waals surface area contributed by atoms with Crippen LogP contribution in [0.4, 0.5) is 29.7 Å². The van der Waals surface area contributed by atoms with Crippen LogP contribution < -0.4 is 9.80 Å². The zero-order valence-electron chi connectivity index (χ0n) is 17.2. The zero-order valence-corrected chi connectivity index (χ0v) is 17.2. The summed E-state index contributed by atoms with van der Waals surface area (Å²) in [5.74, 6) is -1.64. The Labute approximate surface area is 183 Å². The van der Waals surface area contributed by atoms with E-state index in [0.29, 0.717) is 0 Å². The lowest BCUT2D eigenvalue weighted by molar-refractivity contribution is 0.0940. The number of carbonyl (C=O) groups is 2. The molecule has 2 aliphatic heterocycles. The van der Waals surface area contributed by atoms with Gasteiger partial charge in [0.05, 0.1) is 18.8 Å². The lowest BCUT2D eigenvalue weighted by atomic mass is 10.2. The summed E-state index contributed by atoms with van der Waals surface area (Å²) in [5.41, 5.74) is 0.682. The van der Waals surface area contributed by atoms with Crippen LogP contribution in [0, 0.1) is 11.6 Å². The molecule has 0 spiro atoms. The van der Waals surface area contributed by atoms with Gasteiger partial charge in [-0.25, -0.2) is 18.4 Å². The molecule has 170 valence electrons. The number of hydrogen-bond donors (Lipinski definition) is 1. The van der Waals surface area contributed by atoms with Crippen LogP contribution in [-0.2, 0) is 16.1 Å². The molecule has 32 heavy (non-hydrogen) atoms. The van der Waals surface area contributed by atoms with Crippen molar-refractivity contribution < 1.29 is 33.0 Å². The summed E-state index contributed by atoms with van der Waals surface area (Å²) in [4.78, 5) is 28.3. The number of anilines is 2. The topological polar surface area (TPSA) is 82.6 Å². The van der Waals surface area contributed by atoms with Gasteiger partial charge in [0.15, 0.2) is 11.6 Å². The molecule has 2 aliphatic rings. The van der Waals surface area contributed by atoms with Crippen molar-refractivity contribution in [3.05, 3.63) is 59.7 Å². The predicted octanol–water partition coefficient (Wildman–Crippen LogP) is 2.74. The third-order valence-electron chi connectivity index (χ3n) is 5.45. The number of amides is 2. The van der Waals surface area contributed by atoms with E-state index in [9.17, 15) is 18.4 Å². The quantitative estimate of drug-likeness (QED) is 0.759. The van der Waals surface area contributed by atoms with Crippen molar-refractivity contribution in [2.75, 3.05) is 49.1 Å². The van der Waals surface area contributed by atoms with Crippen LogP contribution in [0.25, 0.3) is 0 Å². The van der Waals surface area contributed by atoms with E-state index in [1.54, 1.807) is 0 Å². The number of cyclic esters (lactones) is 1. The smallest absolute Gasteiger partial charge is 0.414 e. The second-order valence-electron chi connectivity index (χ2n) is 7.57. The summed E-state index contributed by atoms with van der Waals surface area (Å²) in [7, 11) is 0. The van der Waals surface area contributed by atoms with Gasteiger partial charge in [0.25, 0.3) is 0 Å². The Morgan fingerprint density at radius 1 is 1.09 bits per heavy atom. The molecule has 0 aliphatic carbocycles. The Hall–Kier alpha value is -3.40. The van der Waals surface area contributed by atoms with Crippen molar-refractivity contribution in [3.63, 3.8) is 0 Å². The van der Waals surface area contributed by atoms with E-state index in [2.05, 4.69) is 0 Å². The molecule has 2 aromatic carbocycles. The van der Waals surface area contributed by atoms with Gasteiger partial charge in [-0.3, -0.25) is 4.90 Å². The fraction of sp³-hybridized carbons (Fsp3) is 0.364. The molecule has 0 radical (unpaired) electrons. The molecule has 2 amide bonds. The number of aliphatic hydroxyl groups excluding tert-OH is 1. The summed E-state index contributed by atoms with van der Waals surface area (Å²) in [5, 5.41) is 9.13. The van der Waals surface area contributed by atoms with E-state index in [4.69, 9.17) is 14.6 Å². The number of halogens is 2. The number of hydrogen-bond acceptors (Lipinski definition) is 6. The highest BCUT2D eigenvalue weighted by molar-refractivity contribution is 5.90. The molecule has 8 nitrogen and oxygen atoms in total. The van der Waals surface area contributed by atoms with Crippen molar-refractivity contribution >= 4 is 23.6 Å². The fourth-order valence-electron chi connectivity index (χ4n) is 3.76. The second-order valence-corrected chi connectivity index (χ2v) is 7.57. The molecular weight excluding hydrogens is 424 g/mol. The maximum atomic E-state index is 14.8. The first-order valence-corrected chi connectivity index (χ1v) is 10.2. The Balaban J connectivity index is 1.37. The summed E-state index contributed by atoms with van der Waals surface area (Å²) in [6.07, 6.45) is -1.97. The molecule has 1 N–H and O–H groups in total. The van der Waals surface area contributed by atoms with Gasteiger partial charge in [-0.2, -0.15) is 0 Å². The normalized spacial score (nSPS) is 18.7. The van der Waals surface area contributed by atoms with Crippen LogP contribution in [0.2, 0.25) is 0 Å². The Bertz CT molecular complexity index is 960. The van der Waals surface area contributed by atoms with Gasteiger partial charge in [-0.15, -0.1) is 0 Å². The van der Waals surface area contributed by atoms with Crippen molar-refractivity contribution in [3.8, 4) is 0 Å². The molecular formula is C22H23F2N3O5. The molecule has 2 fully saturated rings. The maximum Gasteiger partial charge on any atom is 0.414 e. The van der Waals surface area contributed by atoms with Crippen LogP contribution in [-0.4, -0.2) is 67.6 Å². The maximum absolute atomic E-state index is 14.8. The minimum Gasteiger partial charge on any atom is -0.445 e. The third-order valence-corrected chi connectivity index (χ3v) is 5.45. The SMILES string of the molecule is O=C(OCc1ccccc1)N1CCN(c2c(F)cc(N3C[C@H](CO)OC3=O)cc2F)CC1. The predicted molar refractivity (Wildman–Crippen MR) is 111 cm³/mol. The molecule has 2 saturated heterocycles. The van der Waals surface area contributed by atoms with E-state index >= 15 is 0 Å². The highest BCUT2D eigenvalue weighted by Crippen LogP contribution is 2.31. The monoisotopic (exact) mass is 447 g/mol. The average Bonchev–Trinajstić information content (AvgIpc) is 3.19. The summed E-state index contributed by atoms with van der Waals surface area (Å²) >= 11 is 0. The van der Waals surface area contributed by atoms with Gasteiger partial charge in [-0.1, -0.05) is 30.3 Å². The molecule has 0 unspecified atom stereocenters. The molecule has 0 saturated carbocycles. The van der Waals surface area contributed by atoms with Crippen LogP contribution in [0.15, 0.2) is 42.5 Å². The van der Waals surface area contributed by atoms with E-state index < -0.39 is 29.9 Å². The van der Waals surface area contributed by atoms with Crippen LogP contribution in [0.1, 0.15) is 5.56 Å². The van der Waals surface area contributed by atoms with Crippen LogP contribution in [0.5, 0.6) is 0 Å². The number of rotatable bonds is 5. The highest BCUT2D eigenvalue weighted by atomic mass is 19.1. The van der Waals surface area contributed by atoms with Gasteiger partial charge >= 0.3 is 12.2 Å². The number of nitrogens with zero attached hydrogens (tertiary/aromatic N) is 3. The van der Waals surface area contributed by atoms with Gasteiger partial charge in [0.1, 0.15) is 18.4 Å². The molecule has 0 aromatic heterocycles. The number of benzene rings is 2. The first-order chi connectivity index (χ1) is 15.5. The summed E-state index contributed by atoms with van der Waals surface area (Å²) in [6, 6.07) is 11.4. The molecule has 1 atom stereocenters. The molecule has 4 rings (SSSR count). The van der Waals surface area contributed by atoms with E-state index in [1.165, 1.54) is 9.80 Å². The van der Waals surface area contributed by atoms with Gasteiger partial charge in [0.2, 0.25) is 0 Å². The minimum atomic E-state index is -0.819. The van der Waals surface area contributed by atoms with E-state index in [0.717, 1.165) is 22.6 Å². The lowest BCUT2D eigenvalue weighted by Gasteiger charge is -2.35. The first kappa shape index (κ1) is 21.8. The Kier molecular flexibility index (Phi) is 6.40. The van der Waals surface area contributed by atoms with Crippen molar-refractivity contribution in [1.82, 2.24) is 4.90 Å². The van der Waals surface area contributed by atoms with Crippen molar-refractivity contribution in [2.24, 2.45) is 0 Å². The van der Waals surface area contributed by atoms with E-state index in [-0.39, 0.29) is 57.3 Å². The van der Waals surface area contributed by atoms with Crippen molar-refractivity contribution in [2.45, 2.75) is 12.7 Å². The average molecular weight is 447 g/mol. The number of aliphatic hydroxyl groups is 1. The van der Waals surface area contributed by atoms with E-state index in [1.807, 2.05) is 30.3 Å². The number of ether oxygens (including phenoxy) is 2. The van der Waals surface area contributed by atoms with Crippen molar-refractivity contribution in [1.29, 1.82) is 0 Å². The number of carbonyl (C=O) groups excluding carboxylic acids is 2. The molecule has 0 bridgehead atoms. The Morgan fingerprint density at radius 3 is 2.34 bits per heavy atom. The third kappa shape index (κ3) is 4.59. The number of piperazine rings is 1. The van der Waals surface area contributed by atoms with Gasteiger partial charge in [-0.05, 0) is 5.56 Å². The standard InChI is InChI=1S/C22H23F2N3O5/c23-18-10-16(27-12-17(13-28)32-22(27)30)11-19(24)20(18)25-6-8-26(9-7-25)21(29)31-14-15-4-2-1-3-5-15/h1-5,10-11,17,28H,6-9,12-14H2/t17-/m1/s1. The van der Waals surface area contributed by atoms with Gasteiger partial charge < -0.3 is 24.4 Å². The van der Waals surface area contributed by atoms with Crippen LogP contribution in [0.3, 0.4) is 0 Å². The first-order valence-electron chi connectivity index (χ1n) is 10.2. The fourth-order valence-corrected chi connectivity index (χ4v) is 3.76.